The molecule has 0 fully saturated rings. The smallest absolute Gasteiger partial charge is 0.318 e. The molecule has 0 aliphatic heterocycles. The lowest BCUT2D eigenvalue weighted by Crippen LogP contribution is -2.30. The molecule has 3 heterocycles. The zero-order valence-corrected chi connectivity index (χ0v) is 12.9. The molecule has 0 saturated carbocycles. The van der Waals surface area contributed by atoms with Crippen LogP contribution in [0.5, 0.6) is 0 Å². The fourth-order valence-corrected chi connectivity index (χ4v) is 3.04. The van der Waals surface area contributed by atoms with Crippen LogP contribution in [0.25, 0.3) is 11.0 Å². The van der Waals surface area contributed by atoms with Crippen LogP contribution in [0.2, 0.25) is 5.02 Å². The molecule has 8 heteroatoms. The van der Waals surface area contributed by atoms with Gasteiger partial charge in [0.25, 0.3) is 0 Å². The van der Waals surface area contributed by atoms with Gasteiger partial charge in [-0.3, -0.25) is 14.6 Å². The van der Waals surface area contributed by atoms with Crippen LogP contribution < -0.4 is 0 Å². The minimum atomic E-state index is -1.69. The molecular formula is C16H12ClN3O4. The maximum atomic E-state index is 11.6. The minimum absolute atomic E-state index is 0.361. The fourth-order valence-electron chi connectivity index (χ4n) is 2.79. The van der Waals surface area contributed by atoms with Crippen molar-refractivity contribution in [3.05, 3.63) is 59.1 Å². The summed E-state index contributed by atoms with van der Waals surface area (Å²) in [6.07, 6.45) is 6.03. The van der Waals surface area contributed by atoms with E-state index in [1.54, 1.807) is 24.4 Å². The molecular weight excluding hydrogens is 334 g/mol. The van der Waals surface area contributed by atoms with E-state index in [1.165, 1.54) is 18.6 Å². The molecule has 0 aliphatic rings. The number of halogens is 1. The van der Waals surface area contributed by atoms with Gasteiger partial charge in [-0.25, -0.2) is 4.98 Å². The Hall–Kier alpha value is -2.93. The number of nitrogens with one attached hydrogen (secondary N) is 1. The normalized spacial score (nSPS) is 12.4. The average Bonchev–Trinajstić information content (AvgIpc) is 2.97. The van der Waals surface area contributed by atoms with Crippen molar-refractivity contribution in [3.8, 4) is 0 Å². The summed E-state index contributed by atoms with van der Waals surface area (Å²) in [5, 5.41) is 19.8. The van der Waals surface area contributed by atoms with Crippen molar-refractivity contribution in [2.45, 2.75) is 5.92 Å². The number of aromatic amines is 1. The standard InChI is InChI=1S/C16H12ClN3O4/c17-10-3-5-19-14-12(10)9(7-20-14)11(8-2-1-4-18-6-8)13(15(21)22)16(23)24/h1-7,11,13H,(H,19,20)(H,21,22)(H,23,24). The molecule has 0 bridgehead atoms. The van der Waals surface area contributed by atoms with Crippen LogP contribution in [0.15, 0.2) is 43.0 Å². The van der Waals surface area contributed by atoms with Crippen LogP contribution >= 0.6 is 11.6 Å². The molecule has 3 aromatic rings. The summed E-state index contributed by atoms with van der Waals surface area (Å²) in [5.41, 5.74) is 1.37. The molecule has 122 valence electrons. The van der Waals surface area contributed by atoms with Gasteiger partial charge in [-0.05, 0) is 23.3 Å². The molecule has 3 rings (SSSR count). The lowest BCUT2D eigenvalue weighted by molar-refractivity contribution is -0.155. The van der Waals surface area contributed by atoms with Gasteiger partial charge in [-0.2, -0.15) is 0 Å². The zero-order chi connectivity index (χ0) is 17.3. The second-order valence-corrected chi connectivity index (χ2v) is 5.59. The third kappa shape index (κ3) is 2.69. The first-order valence-electron chi connectivity index (χ1n) is 6.97. The predicted octanol–water partition coefficient (Wildman–Crippen LogP) is 2.53. The Morgan fingerprint density at radius 3 is 2.54 bits per heavy atom. The number of pyridine rings is 2. The molecule has 0 aromatic carbocycles. The van der Waals surface area contributed by atoms with Crippen LogP contribution in [-0.2, 0) is 9.59 Å². The van der Waals surface area contributed by atoms with Crippen molar-refractivity contribution in [3.63, 3.8) is 0 Å². The molecule has 3 N–H and O–H groups in total. The van der Waals surface area contributed by atoms with Crippen LogP contribution in [0.4, 0.5) is 0 Å². The highest BCUT2D eigenvalue weighted by Crippen LogP contribution is 2.38. The van der Waals surface area contributed by atoms with Gasteiger partial charge in [0.1, 0.15) is 5.65 Å². The van der Waals surface area contributed by atoms with Gasteiger partial charge in [0.2, 0.25) is 0 Å². The van der Waals surface area contributed by atoms with Crippen molar-refractivity contribution in [1.82, 2.24) is 15.0 Å². The summed E-state index contributed by atoms with van der Waals surface area (Å²) in [7, 11) is 0. The summed E-state index contributed by atoms with van der Waals surface area (Å²) in [5.74, 6) is -5.54. The van der Waals surface area contributed by atoms with E-state index in [4.69, 9.17) is 11.6 Å². The van der Waals surface area contributed by atoms with E-state index < -0.39 is 23.8 Å². The first-order chi connectivity index (χ1) is 11.5. The Morgan fingerprint density at radius 2 is 1.92 bits per heavy atom. The maximum Gasteiger partial charge on any atom is 0.318 e. The van der Waals surface area contributed by atoms with Gasteiger partial charge in [0.15, 0.2) is 5.92 Å². The van der Waals surface area contributed by atoms with Crippen LogP contribution in [-0.4, -0.2) is 37.1 Å². The van der Waals surface area contributed by atoms with Gasteiger partial charge in [-0.1, -0.05) is 17.7 Å². The number of carboxylic acids is 2. The Morgan fingerprint density at radius 1 is 1.17 bits per heavy atom. The topological polar surface area (TPSA) is 116 Å². The monoisotopic (exact) mass is 345 g/mol. The van der Waals surface area contributed by atoms with Crippen molar-refractivity contribution in [2.75, 3.05) is 0 Å². The van der Waals surface area contributed by atoms with E-state index in [0.717, 1.165) is 0 Å². The molecule has 0 aliphatic carbocycles. The van der Waals surface area contributed by atoms with Gasteiger partial charge < -0.3 is 15.2 Å². The highest BCUT2D eigenvalue weighted by atomic mass is 35.5. The zero-order valence-electron chi connectivity index (χ0n) is 12.2. The molecule has 7 nitrogen and oxygen atoms in total. The summed E-state index contributed by atoms with van der Waals surface area (Å²) in [6, 6.07) is 4.83. The van der Waals surface area contributed by atoms with Crippen molar-refractivity contribution < 1.29 is 19.8 Å². The molecule has 3 aromatic heterocycles. The molecule has 24 heavy (non-hydrogen) atoms. The SMILES string of the molecule is O=C(O)C(C(=O)O)C(c1cccnc1)c1c[nH]c2nccc(Cl)c12. The maximum absolute atomic E-state index is 11.6. The number of aromatic nitrogens is 3. The van der Waals surface area contributed by atoms with Crippen LogP contribution in [0.1, 0.15) is 17.0 Å². The quantitative estimate of drug-likeness (QED) is 0.612. The number of aliphatic carboxylic acids is 2. The summed E-state index contributed by atoms with van der Waals surface area (Å²) < 4.78 is 0. The number of H-pyrrole nitrogens is 1. The van der Waals surface area contributed by atoms with E-state index in [1.807, 2.05) is 0 Å². The highest BCUT2D eigenvalue weighted by Gasteiger charge is 2.38. The lowest BCUT2D eigenvalue weighted by Gasteiger charge is -2.21. The molecule has 0 spiro atoms. The number of carboxylic acid groups (broad SMARTS) is 2. The Bertz CT molecular complexity index is 896. The lowest BCUT2D eigenvalue weighted by atomic mass is 9.81. The van der Waals surface area contributed by atoms with Gasteiger partial charge >= 0.3 is 11.9 Å². The minimum Gasteiger partial charge on any atom is -0.481 e. The molecule has 0 amide bonds. The van der Waals surface area contributed by atoms with Crippen molar-refractivity contribution >= 4 is 34.6 Å². The fraction of sp³-hybridized carbons (Fsp3) is 0.125. The van der Waals surface area contributed by atoms with Crippen molar-refractivity contribution in [2.24, 2.45) is 5.92 Å². The molecule has 1 atom stereocenters. The van der Waals surface area contributed by atoms with Gasteiger partial charge in [0.05, 0.1) is 5.02 Å². The van der Waals surface area contributed by atoms with E-state index in [-0.39, 0.29) is 0 Å². The second-order valence-electron chi connectivity index (χ2n) is 5.18. The Balaban J connectivity index is 2.28. The summed E-state index contributed by atoms with van der Waals surface area (Å²) >= 11 is 6.23. The average molecular weight is 346 g/mol. The number of rotatable bonds is 5. The molecule has 0 saturated heterocycles. The summed E-state index contributed by atoms with van der Waals surface area (Å²) in [4.78, 5) is 34.2. The Kier molecular flexibility index (Phi) is 4.18. The molecule has 1 unspecified atom stereocenters. The number of hydrogen-bond donors (Lipinski definition) is 3. The first-order valence-corrected chi connectivity index (χ1v) is 7.35. The van der Waals surface area contributed by atoms with E-state index in [9.17, 15) is 19.8 Å². The molecule has 0 radical (unpaired) electrons. The van der Waals surface area contributed by atoms with Gasteiger partial charge in [-0.15, -0.1) is 0 Å². The van der Waals surface area contributed by atoms with E-state index in [2.05, 4.69) is 15.0 Å². The van der Waals surface area contributed by atoms with E-state index in [0.29, 0.717) is 27.2 Å². The van der Waals surface area contributed by atoms with Crippen LogP contribution in [0, 0.1) is 5.92 Å². The number of nitrogens with zero attached hydrogens (tertiary/aromatic N) is 2. The van der Waals surface area contributed by atoms with Gasteiger partial charge in [0, 0.05) is 36.1 Å². The number of fused-ring (bicyclic) bond motifs is 1. The van der Waals surface area contributed by atoms with Crippen LogP contribution in [0.3, 0.4) is 0 Å². The number of hydrogen-bond acceptors (Lipinski definition) is 4. The van der Waals surface area contributed by atoms with E-state index >= 15 is 0 Å². The predicted molar refractivity (Wildman–Crippen MR) is 85.9 cm³/mol. The largest absolute Gasteiger partial charge is 0.481 e. The first kappa shape index (κ1) is 15.9. The van der Waals surface area contributed by atoms with Crippen molar-refractivity contribution in [1.29, 1.82) is 0 Å². The third-order valence-corrected chi connectivity index (χ3v) is 4.11. The third-order valence-electron chi connectivity index (χ3n) is 3.80. The second kappa shape index (κ2) is 6.29. The Labute approximate surface area is 140 Å². The highest BCUT2D eigenvalue weighted by molar-refractivity contribution is 6.35. The number of carbonyl (C=O) groups is 2. The summed E-state index contributed by atoms with van der Waals surface area (Å²) in [6.45, 7) is 0.